The average Bonchev–Trinajstić information content (AvgIpc) is 2.75. The predicted octanol–water partition coefficient (Wildman–Crippen LogP) is 6.33. The van der Waals surface area contributed by atoms with Gasteiger partial charge in [0, 0.05) is 11.4 Å². The van der Waals surface area contributed by atoms with Crippen molar-refractivity contribution in [3.05, 3.63) is 108 Å². The molecule has 0 unspecified atom stereocenters. The molecule has 4 nitrogen and oxygen atoms in total. The molecule has 0 aromatic heterocycles. The molecule has 4 aromatic rings. The number of aryl methyl sites for hydroxylation is 1. The molecule has 0 fully saturated rings. The van der Waals surface area contributed by atoms with Gasteiger partial charge in [0.2, 0.25) is 0 Å². The van der Waals surface area contributed by atoms with Crippen molar-refractivity contribution in [1.29, 1.82) is 0 Å². The van der Waals surface area contributed by atoms with E-state index in [9.17, 15) is 0 Å². The Balaban J connectivity index is 1.37. The normalized spacial score (nSPS) is 10.6. The van der Waals surface area contributed by atoms with Gasteiger partial charge in [0.05, 0.1) is 0 Å². The lowest BCUT2D eigenvalue weighted by Gasteiger charge is -2.09. The summed E-state index contributed by atoms with van der Waals surface area (Å²) in [7, 11) is 0. The van der Waals surface area contributed by atoms with Crippen LogP contribution in [0.3, 0.4) is 0 Å². The van der Waals surface area contributed by atoms with Crippen molar-refractivity contribution >= 4 is 11.4 Å². The summed E-state index contributed by atoms with van der Waals surface area (Å²) < 4.78 is 11.8. The summed E-state index contributed by atoms with van der Waals surface area (Å²) in [6.07, 6.45) is 0.837. The molecule has 4 rings (SSSR count). The number of anilines is 2. The van der Waals surface area contributed by atoms with Gasteiger partial charge in [-0.1, -0.05) is 24.3 Å². The van der Waals surface area contributed by atoms with Gasteiger partial charge in [-0.05, 0) is 96.8 Å². The van der Waals surface area contributed by atoms with Gasteiger partial charge < -0.3 is 20.9 Å². The third-order valence-electron chi connectivity index (χ3n) is 4.85. The monoisotopic (exact) mass is 396 g/mol. The van der Waals surface area contributed by atoms with Gasteiger partial charge in [-0.25, -0.2) is 0 Å². The number of hydrogen-bond donors (Lipinski definition) is 2. The highest BCUT2D eigenvalue weighted by molar-refractivity contribution is 5.50. The Morgan fingerprint density at radius 3 is 1.50 bits per heavy atom. The molecule has 0 saturated heterocycles. The molecule has 4 N–H and O–H groups in total. The van der Waals surface area contributed by atoms with E-state index < -0.39 is 0 Å². The molecule has 150 valence electrons. The van der Waals surface area contributed by atoms with E-state index in [0.717, 1.165) is 46.4 Å². The number of rotatable bonds is 6. The molecular weight excluding hydrogens is 372 g/mol. The van der Waals surface area contributed by atoms with E-state index in [4.69, 9.17) is 20.9 Å². The molecule has 0 aliphatic heterocycles. The van der Waals surface area contributed by atoms with E-state index in [-0.39, 0.29) is 0 Å². The van der Waals surface area contributed by atoms with E-state index >= 15 is 0 Å². The zero-order valence-corrected chi connectivity index (χ0v) is 16.8. The number of nitrogens with two attached hydrogens (primary N) is 2. The molecule has 0 aliphatic carbocycles. The first-order valence-corrected chi connectivity index (χ1v) is 9.80. The van der Waals surface area contributed by atoms with Gasteiger partial charge in [0.1, 0.15) is 23.0 Å². The van der Waals surface area contributed by atoms with Gasteiger partial charge in [0.15, 0.2) is 0 Å². The summed E-state index contributed by atoms with van der Waals surface area (Å²) in [6, 6.07) is 29.3. The molecule has 0 bridgehead atoms. The quantitative estimate of drug-likeness (QED) is 0.373. The van der Waals surface area contributed by atoms with Crippen molar-refractivity contribution in [3.63, 3.8) is 0 Å². The first-order valence-electron chi connectivity index (χ1n) is 9.80. The Labute approximate surface area is 176 Å². The SMILES string of the molecule is Cc1cc(Oc2ccc(Cc3ccc(Oc4ccc(N)cc4)cc3)cc2)ccc1N. The lowest BCUT2D eigenvalue weighted by molar-refractivity contribution is 0.482. The number of ether oxygens (including phenoxy) is 2. The maximum absolute atomic E-state index is 5.92. The topological polar surface area (TPSA) is 70.5 Å². The van der Waals surface area contributed by atoms with E-state index in [2.05, 4.69) is 24.3 Å². The fourth-order valence-corrected chi connectivity index (χ4v) is 3.11. The minimum absolute atomic E-state index is 0.720. The first-order chi connectivity index (χ1) is 14.5. The van der Waals surface area contributed by atoms with Crippen molar-refractivity contribution in [2.24, 2.45) is 0 Å². The van der Waals surface area contributed by atoms with Crippen LogP contribution in [-0.2, 0) is 6.42 Å². The molecule has 0 heterocycles. The second-order valence-corrected chi connectivity index (χ2v) is 7.26. The van der Waals surface area contributed by atoms with Crippen molar-refractivity contribution < 1.29 is 9.47 Å². The summed E-state index contributed by atoms with van der Waals surface area (Å²) >= 11 is 0. The molecule has 4 aromatic carbocycles. The Kier molecular flexibility index (Phi) is 5.57. The Hall–Kier alpha value is -3.92. The Bertz CT molecular complexity index is 1120. The molecular formula is C26H24N2O2. The summed E-state index contributed by atoms with van der Waals surface area (Å²) in [5, 5.41) is 0. The van der Waals surface area contributed by atoms with Crippen LogP contribution in [0.1, 0.15) is 16.7 Å². The zero-order valence-electron chi connectivity index (χ0n) is 16.8. The molecule has 0 saturated carbocycles. The summed E-state index contributed by atoms with van der Waals surface area (Å²) in [4.78, 5) is 0. The van der Waals surface area contributed by atoms with Gasteiger partial charge >= 0.3 is 0 Å². The first kappa shape index (κ1) is 19.4. The van der Waals surface area contributed by atoms with Crippen LogP contribution in [-0.4, -0.2) is 0 Å². The summed E-state index contributed by atoms with van der Waals surface area (Å²) in [5.41, 5.74) is 16.5. The van der Waals surface area contributed by atoms with Gasteiger partial charge in [0.25, 0.3) is 0 Å². The third-order valence-corrected chi connectivity index (χ3v) is 4.85. The fraction of sp³-hybridized carbons (Fsp3) is 0.0769. The zero-order chi connectivity index (χ0) is 20.9. The third kappa shape index (κ3) is 4.92. The van der Waals surface area contributed by atoms with Crippen LogP contribution in [0.15, 0.2) is 91.0 Å². The fourth-order valence-electron chi connectivity index (χ4n) is 3.11. The second-order valence-electron chi connectivity index (χ2n) is 7.26. The van der Waals surface area contributed by atoms with Crippen LogP contribution in [0, 0.1) is 6.92 Å². The minimum atomic E-state index is 0.720. The highest BCUT2D eigenvalue weighted by Gasteiger charge is 2.03. The lowest BCUT2D eigenvalue weighted by atomic mass is 10.0. The van der Waals surface area contributed by atoms with Crippen LogP contribution >= 0.6 is 0 Å². The molecule has 0 amide bonds. The van der Waals surface area contributed by atoms with Gasteiger partial charge in [-0.3, -0.25) is 0 Å². The Morgan fingerprint density at radius 2 is 1.00 bits per heavy atom. The molecule has 0 spiro atoms. The molecule has 0 radical (unpaired) electrons. The van der Waals surface area contributed by atoms with Crippen LogP contribution in [0.2, 0.25) is 0 Å². The lowest BCUT2D eigenvalue weighted by Crippen LogP contribution is -1.92. The molecule has 0 aliphatic rings. The minimum Gasteiger partial charge on any atom is -0.457 e. The highest BCUT2D eigenvalue weighted by atomic mass is 16.5. The van der Waals surface area contributed by atoms with Crippen LogP contribution in [0.5, 0.6) is 23.0 Å². The molecule has 0 atom stereocenters. The van der Waals surface area contributed by atoms with Gasteiger partial charge in [-0.2, -0.15) is 0 Å². The molecule has 30 heavy (non-hydrogen) atoms. The standard InChI is InChI=1S/C26H24N2O2/c1-18-16-25(14-15-26(18)28)30-23-10-4-20(5-11-23)17-19-2-8-22(9-3-19)29-24-12-6-21(27)7-13-24/h2-16H,17,27-28H2,1H3. The van der Waals surface area contributed by atoms with Crippen molar-refractivity contribution in [2.75, 3.05) is 11.5 Å². The number of nitrogen functional groups attached to an aromatic ring is 2. The average molecular weight is 396 g/mol. The number of benzene rings is 4. The van der Waals surface area contributed by atoms with E-state index in [1.807, 2.05) is 73.7 Å². The second kappa shape index (κ2) is 8.62. The van der Waals surface area contributed by atoms with E-state index in [0.29, 0.717) is 0 Å². The van der Waals surface area contributed by atoms with Crippen molar-refractivity contribution in [1.82, 2.24) is 0 Å². The maximum Gasteiger partial charge on any atom is 0.127 e. The van der Waals surface area contributed by atoms with Crippen molar-refractivity contribution in [3.8, 4) is 23.0 Å². The van der Waals surface area contributed by atoms with Gasteiger partial charge in [-0.15, -0.1) is 0 Å². The smallest absolute Gasteiger partial charge is 0.127 e. The highest BCUT2D eigenvalue weighted by Crippen LogP contribution is 2.26. The largest absolute Gasteiger partial charge is 0.457 e. The number of hydrogen-bond acceptors (Lipinski definition) is 4. The van der Waals surface area contributed by atoms with E-state index in [1.165, 1.54) is 11.1 Å². The van der Waals surface area contributed by atoms with E-state index in [1.54, 1.807) is 0 Å². The van der Waals surface area contributed by atoms with Crippen LogP contribution in [0.25, 0.3) is 0 Å². The Morgan fingerprint density at radius 1 is 0.567 bits per heavy atom. The van der Waals surface area contributed by atoms with Crippen molar-refractivity contribution in [2.45, 2.75) is 13.3 Å². The summed E-state index contributed by atoms with van der Waals surface area (Å²) in [6.45, 7) is 1.97. The van der Waals surface area contributed by atoms with Crippen LogP contribution < -0.4 is 20.9 Å². The molecule has 4 heteroatoms. The summed E-state index contributed by atoms with van der Waals surface area (Å²) in [5.74, 6) is 3.15. The predicted molar refractivity (Wildman–Crippen MR) is 122 cm³/mol. The maximum atomic E-state index is 5.92. The van der Waals surface area contributed by atoms with Crippen LogP contribution in [0.4, 0.5) is 11.4 Å².